The molecule has 2 aromatic rings. The van der Waals surface area contributed by atoms with E-state index in [9.17, 15) is 4.79 Å². The largest absolute Gasteiger partial charge is 0.440 e. The van der Waals surface area contributed by atoms with Crippen LogP contribution in [-0.2, 0) is 11.2 Å². The molecule has 2 N–H and O–H groups in total. The van der Waals surface area contributed by atoms with E-state index in [-0.39, 0.29) is 5.91 Å². The van der Waals surface area contributed by atoms with Crippen molar-refractivity contribution in [1.82, 2.24) is 15.6 Å². The molecule has 2 bridgehead atoms. The van der Waals surface area contributed by atoms with Crippen molar-refractivity contribution in [3.63, 3.8) is 0 Å². The summed E-state index contributed by atoms with van der Waals surface area (Å²) < 4.78 is 5.70. The highest BCUT2D eigenvalue weighted by molar-refractivity contribution is 7.13. The van der Waals surface area contributed by atoms with Crippen molar-refractivity contribution >= 4 is 17.2 Å². The maximum Gasteiger partial charge on any atom is 0.236 e. The van der Waals surface area contributed by atoms with Crippen LogP contribution in [0.4, 0.5) is 0 Å². The number of rotatable bonds is 4. The number of amides is 1. The second kappa shape index (κ2) is 6.09. The lowest BCUT2D eigenvalue weighted by atomic mass is 9.99. The highest BCUT2D eigenvalue weighted by Crippen LogP contribution is 2.28. The standard InChI is InChI=1S/C17H21N3O2S/c1-10-14(20-17(22-10)15-3-2-6-23-15)9-16(21)19-13-7-11-4-5-12(8-13)18-11/h2-3,6,11-13,18H,4-5,7-9H2,1H3,(H,19,21). The summed E-state index contributed by atoms with van der Waals surface area (Å²) in [7, 11) is 0. The van der Waals surface area contributed by atoms with Crippen LogP contribution in [0.15, 0.2) is 21.9 Å². The summed E-state index contributed by atoms with van der Waals surface area (Å²) in [6, 6.07) is 5.41. The first-order valence-electron chi connectivity index (χ1n) is 8.23. The Bertz CT molecular complexity index is 683. The lowest BCUT2D eigenvalue weighted by molar-refractivity contribution is -0.121. The zero-order valence-electron chi connectivity index (χ0n) is 13.2. The molecule has 2 aromatic heterocycles. The van der Waals surface area contributed by atoms with Gasteiger partial charge in [0.2, 0.25) is 11.8 Å². The molecule has 6 heteroatoms. The molecule has 4 heterocycles. The van der Waals surface area contributed by atoms with Crippen LogP contribution >= 0.6 is 11.3 Å². The Balaban J connectivity index is 1.39. The minimum absolute atomic E-state index is 0.0467. The molecular formula is C17H21N3O2S. The number of nitrogens with zero attached hydrogens (tertiary/aromatic N) is 1. The number of piperidine rings is 1. The molecule has 23 heavy (non-hydrogen) atoms. The van der Waals surface area contributed by atoms with Crippen LogP contribution in [0.2, 0.25) is 0 Å². The summed E-state index contributed by atoms with van der Waals surface area (Å²) in [5.41, 5.74) is 0.739. The van der Waals surface area contributed by atoms with Gasteiger partial charge in [-0.2, -0.15) is 0 Å². The van der Waals surface area contributed by atoms with E-state index in [2.05, 4.69) is 15.6 Å². The minimum atomic E-state index is 0.0467. The maximum atomic E-state index is 12.4. The number of hydrogen-bond donors (Lipinski definition) is 2. The summed E-state index contributed by atoms with van der Waals surface area (Å²) in [4.78, 5) is 17.8. The summed E-state index contributed by atoms with van der Waals surface area (Å²) in [6.07, 6.45) is 4.86. The number of aryl methyl sites for hydroxylation is 1. The predicted octanol–water partition coefficient (Wildman–Crippen LogP) is 2.65. The molecule has 0 spiro atoms. The molecule has 0 saturated carbocycles. The second-order valence-corrected chi connectivity index (χ2v) is 7.50. The Hall–Kier alpha value is -1.66. The maximum absolute atomic E-state index is 12.4. The third kappa shape index (κ3) is 3.19. The van der Waals surface area contributed by atoms with Gasteiger partial charge in [0, 0.05) is 18.1 Å². The molecule has 0 aliphatic carbocycles. The topological polar surface area (TPSA) is 67.2 Å². The molecule has 2 saturated heterocycles. The van der Waals surface area contributed by atoms with Gasteiger partial charge < -0.3 is 15.1 Å². The lowest BCUT2D eigenvalue weighted by Gasteiger charge is -2.29. The van der Waals surface area contributed by atoms with Crippen molar-refractivity contribution in [3.05, 3.63) is 29.0 Å². The molecule has 2 fully saturated rings. The number of fused-ring (bicyclic) bond motifs is 2. The van der Waals surface area contributed by atoms with Gasteiger partial charge in [-0.05, 0) is 44.1 Å². The minimum Gasteiger partial charge on any atom is -0.440 e. The van der Waals surface area contributed by atoms with E-state index in [1.165, 1.54) is 12.8 Å². The van der Waals surface area contributed by atoms with Crippen LogP contribution in [0.3, 0.4) is 0 Å². The first-order chi connectivity index (χ1) is 11.2. The Labute approximate surface area is 139 Å². The van der Waals surface area contributed by atoms with Gasteiger partial charge in [-0.15, -0.1) is 11.3 Å². The molecule has 2 aliphatic rings. The molecule has 5 nitrogen and oxygen atoms in total. The highest BCUT2D eigenvalue weighted by Gasteiger charge is 2.34. The van der Waals surface area contributed by atoms with Crippen molar-refractivity contribution in [2.24, 2.45) is 0 Å². The van der Waals surface area contributed by atoms with Gasteiger partial charge in [-0.1, -0.05) is 6.07 Å². The number of thiophene rings is 1. The SMILES string of the molecule is Cc1oc(-c2cccs2)nc1CC(=O)NC1CC2CCC(C1)N2. The van der Waals surface area contributed by atoms with Gasteiger partial charge in [0.1, 0.15) is 5.76 Å². The second-order valence-electron chi connectivity index (χ2n) is 6.55. The number of aromatic nitrogens is 1. The fraction of sp³-hybridized carbons (Fsp3) is 0.529. The molecular weight excluding hydrogens is 310 g/mol. The van der Waals surface area contributed by atoms with E-state index in [1.54, 1.807) is 11.3 Å². The molecule has 4 rings (SSSR count). The summed E-state index contributed by atoms with van der Waals surface area (Å²) in [5.74, 6) is 1.39. The third-order valence-corrected chi connectivity index (χ3v) is 5.65. The van der Waals surface area contributed by atoms with Crippen LogP contribution < -0.4 is 10.6 Å². The van der Waals surface area contributed by atoms with Crippen molar-refractivity contribution in [3.8, 4) is 10.8 Å². The fourth-order valence-electron chi connectivity index (χ4n) is 3.70. The number of carbonyl (C=O) groups is 1. The van der Waals surface area contributed by atoms with E-state index in [4.69, 9.17) is 4.42 Å². The number of nitrogens with one attached hydrogen (secondary N) is 2. The molecule has 122 valence electrons. The molecule has 1 amide bonds. The van der Waals surface area contributed by atoms with Gasteiger partial charge in [-0.3, -0.25) is 4.79 Å². The quantitative estimate of drug-likeness (QED) is 0.904. The van der Waals surface area contributed by atoms with Crippen LogP contribution in [0.25, 0.3) is 10.8 Å². The van der Waals surface area contributed by atoms with Crippen molar-refractivity contribution in [1.29, 1.82) is 0 Å². The summed E-state index contributed by atoms with van der Waals surface area (Å²) >= 11 is 1.59. The normalized spacial score (nSPS) is 26.4. The van der Waals surface area contributed by atoms with Gasteiger partial charge in [0.15, 0.2) is 0 Å². The molecule has 2 aliphatic heterocycles. The molecule has 0 radical (unpaired) electrons. The highest BCUT2D eigenvalue weighted by atomic mass is 32.1. The van der Waals surface area contributed by atoms with E-state index in [1.807, 2.05) is 24.4 Å². The van der Waals surface area contributed by atoms with E-state index >= 15 is 0 Å². The van der Waals surface area contributed by atoms with Crippen LogP contribution in [0.1, 0.15) is 37.1 Å². The number of oxazole rings is 1. The zero-order valence-corrected chi connectivity index (χ0v) is 14.0. The smallest absolute Gasteiger partial charge is 0.236 e. The van der Waals surface area contributed by atoms with E-state index in [0.29, 0.717) is 30.4 Å². The average molecular weight is 331 g/mol. The van der Waals surface area contributed by atoms with Crippen LogP contribution in [0, 0.1) is 6.92 Å². The van der Waals surface area contributed by atoms with Crippen LogP contribution in [-0.4, -0.2) is 29.0 Å². The van der Waals surface area contributed by atoms with Crippen LogP contribution in [0.5, 0.6) is 0 Å². The first kappa shape index (κ1) is 14.9. The molecule has 2 atom stereocenters. The average Bonchev–Trinajstić information content (AvgIpc) is 3.21. The molecule has 0 aromatic carbocycles. The van der Waals surface area contributed by atoms with Crippen molar-refractivity contribution in [2.75, 3.05) is 0 Å². The lowest BCUT2D eigenvalue weighted by Crippen LogP contribution is -2.48. The Morgan fingerprint density at radius 1 is 1.43 bits per heavy atom. The Morgan fingerprint density at radius 2 is 2.22 bits per heavy atom. The predicted molar refractivity (Wildman–Crippen MR) is 89.4 cm³/mol. The number of carbonyl (C=O) groups excluding carboxylic acids is 1. The van der Waals surface area contributed by atoms with E-state index in [0.717, 1.165) is 29.2 Å². The van der Waals surface area contributed by atoms with Gasteiger partial charge in [-0.25, -0.2) is 4.98 Å². The molecule has 2 unspecified atom stereocenters. The van der Waals surface area contributed by atoms with Gasteiger partial charge in [0.25, 0.3) is 0 Å². The monoisotopic (exact) mass is 331 g/mol. The summed E-state index contributed by atoms with van der Waals surface area (Å²) in [6.45, 7) is 1.87. The number of hydrogen-bond acceptors (Lipinski definition) is 5. The summed E-state index contributed by atoms with van der Waals surface area (Å²) in [5, 5.41) is 8.77. The Kier molecular flexibility index (Phi) is 3.95. The van der Waals surface area contributed by atoms with E-state index < -0.39 is 0 Å². The Morgan fingerprint density at radius 3 is 2.91 bits per heavy atom. The third-order valence-electron chi connectivity index (χ3n) is 4.79. The first-order valence-corrected chi connectivity index (χ1v) is 9.11. The van der Waals surface area contributed by atoms with Crippen molar-refractivity contribution < 1.29 is 9.21 Å². The zero-order chi connectivity index (χ0) is 15.8. The van der Waals surface area contributed by atoms with Gasteiger partial charge in [0.05, 0.1) is 17.0 Å². The van der Waals surface area contributed by atoms with Crippen molar-refractivity contribution in [2.45, 2.75) is 57.2 Å². The van der Waals surface area contributed by atoms with Gasteiger partial charge >= 0.3 is 0 Å². The fourth-order valence-corrected chi connectivity index (χ4v) is 4.35.